The van der Waals surface area contributed by atoms with Crippen LogP contribution < -0.4 is 15.8 Å². The third-order valence-corrected chi connectivity index (χ3v) is 2.93. The molecule has 0 saturated heterocycles. The van der Waals surface area contributed by atoms with Gasteiger partial charge in [-0.3, -0.25) is 9.59 Å². The van der Waals surface area contributed by atoms with Crippen molar-refractivity contribution in [1.82, 2.24) is 5.32 Å². The van der Waals surface area contributed by atoms with Gasteiger partial charge in [-0.05, 0) is 30.5 Å². The molecule has 6 heteroatoms. The third kappa shape index (κ3) is 3.67. The maximum absolute atomic E-state index is 11.7. The lowest BCUT2D eigenvalue weighted by Crippen LogP contribution is -2.41. The number of thioether (sulfide) groups is 1. The van der Waals surface area contributed by atoms with Crippen molar-refractivity contribution in [2.45, 2.75) is 5.37 Å². The fraction of sp³-hybridized carbons (Fsp3) is 0.273. The van der Waals surface area contributed by atoms with Gasteiger partial charge in [0.05, 0.1) is 7.11 Å². The number of hydrogen-bond acceptors (Lipinski definition) is 4. The number of ether oxygens (including phenoxy) is 1. The smallest absolute Gasteiger partial charge is 0.252 e. The van der Waals surface area contributed by atoms with E-state index in [4.69, 9.17) is 10.5 Å². The first-order chi connectivity index (χ1) is 8.08. The topological polar surface area (TPSA) is 81.4 Å². The minimum atomic E-state index is -0.718. The van der Waals surface area contributed by atoms with E-state index in [9.17, 15) is 9.59 Å². The van der Waals surface area contributed by atoms with Crippen LogP contribution in [0.4, 0.5) is 0 Å². The van der Waals surface area contributed by atoms with Crippen LogP contribution in [0.1, 0.15) is 10.4 Å². The molecule has 17 heavy (non-hydrogen) atoms. The molecule has 1 aromatic rings. The SMILES string of the molecule is COc1ccc(C(=O)NC(SC)C(N)=O)cc1. The predicted molar refractivity (Wildman–Crippen MR) is 67.0 cm³/mol. The van der Waals surface area contributed by atoms with Crippen molar-refractivity contribution in [3.63, 3.8) is 0 Å². The Kier molecular flexibility index (Phi) is 4.84. The van der Waals surface area contributed by atoms with E-state index < -0.39 is 11.3 Å². The second kappa shape index (κ2) is 6.15. The van der Waals surface area contributed by atoms with E-state index in [1.807, 2.05) is 0 Å². The number of primary amides is 1. The molecule has 0 aromatic heterocycles. The van der Waals surface area contributed by atoms with Crippen molar-refractivity contribution < 1.29 is 14.3 Å². The molecule has 0 fully saturated rings. The molecule has 5 nitrogen and oxygen atoms in total. The molecule has 0 spiro atoms. The van der Waals surface area contributed by atoms with Gasteiger partial charge in [0.25, 0.3) is 11.8 Å². The number of benzene rings is 1. The van der Waals surface area contributed by atoms with Gasteiger partial charge < -0.3 is 15.8 Å². The van der Waals surface area contributed by atoms with E-state index >= 15 is 0 Å². The number of nitrogens with two attached hydrogens (primary N) is 1. The largest absolute Gasteiger partial charge is 0.497 e. The average Bonchev–Trinajstić information content (AvgIpc) is 2.35. The molecule has 1 aromatic carbocycles. The first-order valence-corrected chi connectivity index (χ1v) is 6.14. The van der Waals surface area contributed by atoms with Crippen molar-refractivity contribution in [2.24, 2.45) is 5.73 Å². The fourth-order valence-corrected chi connectivity index (χ4v) is 1.65. The Morgan fingerprint density at radius 1 is 1.35 bits per heavy atom. The summed E-state index contributed by atoms with van der Waals surface area (Å²) in [4.78, 5) is 22.7. The van der Waals surface area contributed by atoms with Crippen LogP contribution in [0, 0.1) is 0 Å². The summed E-state index contributed by atoms with van der Waals surface area (Å²) in [6.45, 7) is 0. The third-order valence-electron chi connectivity index (χ3n) is 2.11. The lowest BCUT2D eigenvalue weighted by atomic mass is 10.2. The van der Waals surface area contributed by atoms with Gasteiger partial charge in [-0.15, -0.1) is 11.8 Å². The molecule has 0 aliphatic carbocycles. The molecule has 0 radical (unpaired) electrons. The first-order valence-electron chi connectivity index (χ1n) is 4.85. The molecule has 2 amide bonds. The molecular formula is C11H14N2O3S. The molecule has 0 aliphatic heterocycles. The highest BCUT2D eigenvalue weighted by molar-refractivity contribution is 7.99. The summed E-state index contributed by atoms with van der Waals surface area (Å²) in [6, 6.07) is 6.58. The summed E-state index contributed by atoms with van der Waals surface area (Å²) < 4.78 is 4.98. The number of amides is 2. The standard InChI is InChI=1S/C11H14N2O3S/c1-16-8-5-3-7(4-6-8)10(15)13-11(17-2)9(12)14/h3-6,11H,1-2H3,(H2,12,14)(H,13,15). The zero-order chi connectivity index (χ0) is 12.8. The summed E-state index contributed by atoms with van der Waals surface area (Å²) in [5.74, 6) is -0.247. The number of carbonyl (C=O) groups excluding carboxylic acids is 2. The maximum Gasteiger partial charge on any atom is 0.252 e. The first kappa shape index (κ1) is 13.4. The van der Waals surface area contributed by atoms with Gasteiger partial charge in [0, 0.05) is 5.56 Å². The van der Waals surface area contributed by atoms with E-state index in [1.54, 1.807) is 37.6 Å². The van der Waals surface area contributed by atoms with Gasteiger partial charge >= 0.3 is 0 Å². The zero-order valence-electron chi connectivity index (χ0n) is 9.60. The molecule has 0 aliphatic rings. The Morgan fingerprint density at radius 2 is 1.94 bits per heavy atom. The number of methoxy groups -OCH3 is 1. The summed E-state index contributed by atoms with van der Waals surface area (Å²) >= 11 is 1.18. The summed E-state index contributed by atoms with van der Waals surface area (Å²) in [6.07, 6.45) is 1.70. The van der Waals surface area contributed by atoms with Crippen LogP contribution >= 0.6 is 11.8 Å². The average molecular weight is 254 g/mol. The molecule has 0 bridgehead atoms. The fourth-order valence-electron chi connectivity index (χ4n) is 1.19. The van der Waals surface area contributed by atoms with Crippen molar-refractivity contribution >= 4 is 23.6 Å². The van der Waals surface area contributed by atoms with E-state index in [0.717, 1.165) is 0 Å². The van der Waals surface area contributed by atoms with Gasteiger partial charge in [0.15, 0.2) is 5.37 Å². The second-order valence-corrected chi connectivity index (χ2v) is 4.16. The highest BCUT2D eigenvalue weighted by Crippen LogP contribution is 2.12. The summed E-state index contributed by atoms with van der Waals surface area (Å²) in [5, 5.41) is 1.81. The minimum absolute atomic E-state index is 0.342. The van der Waals surface area contributed by atoms with Crippen molar-refractivity contribution in [3.8, 4) is 5.75 Å². The van der Waals surface area contributed by atoms with Gasteiger partial charge in [0.1, 0.15) is 5.75 Å². The van der Waals surface area contributed by atoms with Crippen LogP contribution in [-0.4, -0.2) is 30.6 Å². The zero-order valence-corrected chi connectivity index (χ0v) is 10.4. The highest BCUT2D eigenvalue weighted by Gasteiger charge is 2.17. The molecule has 1 atom stereocenters. The van der Waals surface area contributed by atoms with Gasteiger partial charge in [-0.1, -0.05) is 0 Å². The van der Waals surface area contributed by atoms with Gasteiger partial charge in [-0.2, -0.15) is 0 Å². The molecule has 3 N–H and O–H groups in total. The van der Waals surface area contributed by atoms with Crippen LogP contribution in [0.5, 0.6) is 5.75 Å². The predicted octanol–water partition coefficient (Wildman–Crippen LogP) is 0.599. The van der Waals surface area contributed by atoms with Crippen molar-refractivity contribution in [2.75, 3.05) is 13.4 Å². The normalized spacial score (nSPS) is 11.6. The highest BCUT2D eigenvalue weighted by atomic mass is 32.2. The van der Waals surface area contributed by atoms with Crippen LogP contribution in [-0.2, 0) is 4.79 Å². The molecular weight excluding hydrogens is 240 g/mol. The van der Waals surface area contributed by atoms with E-state index in [0.29, 0.717) is 11.3 Å². The monoisotopic (exact) mass is 254 g/mol. The Balaban J connectivity index is 2.72. The van der Waals surface area contributed by atoms with Gasteiger partial charge in [-0.25, -0.2) is 0 Å². The van der Waals surface area contributed by atoms with Crippen LogP contribution in [0.15, 0.2) is 24.3 Å². The molecule has 0 saturated carbocycles. The van der Waals surface area contributed by atoms with E-state index in [-0.39, 0.29) is 5.91 Å². The Labute approximate surface area is 104 Å². The summed E-state index contributed by atoms with van der Waals surface area (Å²) in [7, 11) is 1.55. The van der Waals surface area contributed by atoms with E-state index in [2.05, 4.69) is 5.32 Å². The second-order valence-electron chi connectivity index (χ2n) is 3.22. The number of carbonyl (C=O) groups is 2. The van der Waals surface area contributed by atoms with Crippen LogP contribution in [0.2, 0.25) is 0 Å². The Bertz CT molecular complexity index is 406. The summed E-state index contributed by atoms with van der Waals surface area (Å²) in [5.41, 5.74) is 5.57. The Morgan fingerprint density at radius 3 is 2.35 bits per heavy atom. The lowest BCUT2D eigenvalue weighted by molar-refractivity contribution is -0.117. The minimum Gasteiger partial charge on any atom is -0.497 e. The number of rotatable bonds is 5. The molecule has 0 heterocycles. The van der Waals surface area contributed by atoms with Gasteiger partial charge in [0.2, 0.25) is 0 Å². The number of hydrogen-bond donors (Lipinski definition) is 2. The maximum atomic E-state index is 11.7. The van der Waals surface area contributed by atoms with Crippen molar-refractivity contribution in [1.29, 1.82) is 0 Å². The molecule has 1 unspecified atom stereocenters. The quantitative estimate of drug-likeness (QED) is 0.754. The lowest BCUT2D eigenvalue weighted by Gasteiger charge is -2.12. The Hall–Kier alpha value is -1.69. The van der Waals surface area contributed by atoms with Crippen molar-refractivity contribution in [3.05, 3.63) is 29.8 Å². The number of nitrogens with one attached hydrogen (secondary N) is 1. The molecule has 92 valence electrons. The van der Waals surface area contributed by atoms with E-state index in [1.165, 1.54) is 11.8 Å². The molecule has 1 rings (SSSR count). The van der Waals surface area contributed by atoms with Crippen LogP contribution in [0.25, 0.3) is 0 Å². The van der Waals surface area contributed by atoms with Crippen LogP contribution in [0.3, 0.4) is 0 Å².